The number of fused-ring (bicyclic) bond motifs is 2. The molecule has 2 amide bonds. The summed E-state index contributed by atoms with van der Waals surface area (Å²) in [5, 5.41) is 0. The van der Waals surface area contributed by atoms with Crippen LogP contribution in [-0.4, -0.2) is 49.5 Å². The fraction of sp³-hybridized carbons (Fsp3) is 0.579. The molecule has 1 aromatic carbocycles. The number of rotatable bonds is 3. The van der Waals surface area contributed by atoms with Crippen LogP contribution in [0.1, 0.15) is 19.3 Å². The average Bonchev–Trinajstić information content (AvgIpc) is 3.22. The molecule has 134 valence electrons. The molecule has 2 aliphatic carbocycles. The number of piperazine rings is 1. The molecule has 25 heavy (non-hydrogen) atoms. The second-order valence-electron chi connectivity index (χ2n) is 7.41. The van der Waals surface area contributed by atoms with E-state index < -0.39 is 0 Å². The molecule has 1 saturated heterocycles. The van der Waals surface area contributed by atoms with E-state index in [0.717, 1.165) is 24.9 Å². The van der Waals surface area contributed by atoms with E-state index in [-0.39, 0.29) is 30.3 Å². The minimum atomic E-state index is -0.0932. The molecule has 2 saturated carbocycles. The summed E-state index contributed by atoms with van der Waals surface area (Å²) < 4.78 is 5.36. The summed E-state index contributed by atoms with van der Waals surface area (Å²) in [5.41, 5.74) is 7.07. The van der Waals surface area contributed by atoms with Gasteiger partial charge in [0.15, 0.2) is 0 Å². The smallest absolute Gasteiger partial charge is 0.246 e. The lowest BCUT2D eigenvalue weighted by molar-refractivity contribution is -0.142. The van der Waals surface area contributed by atoms with Crippen molar-refractivity contribution in [3.8, 4) is 5.75 Å². The topological polar surface area (TPSA) is 75.9 Å². The van der Waals surface area contributed by atoms with Gasteiger partial charge in [-0.2, -0.15) is 0 Å². The Kier molecular flexibility index (Phi) is 4.15. The molecule has 1 aromatic rings. The Morgan fingerprint density at radius 2 is 1.96 bits per heavy atom. The van der Waals surface area contributed by atoms with E-state index in [2.05, 4.69) is 0 Å². The summed E-state index contributed by atoms with van der Waals surface area (Å²) in [5.74, 6) is 1.49. The molecule has 0 aromatic heterocycles. The van der Waals surface area contributed by atoms with Crippen LogP contribution >= 0.6 is 0 Å². The molecule has 6 heteroatoms. The Balaban J connectivity index is 1.47. The Labute approximate surface area is 147 Å². The number of hydrogen-bond acceptors (Lipinski definition) is 4. The summed E-state index contributed by atoms with van der Waals surface area (Å²) >= 11 is 0. The first-order valence-electron chi connectivity index (χ1n) is 9.08. The fourth-order valence-corrected chi connectivity index (χ4v) is 4.88. The molecular formula is C19H25N3O3. The third-order valence-electron chi connectivity index (χ3n) is 6.17. The van der Waals surface area contributed by atoms with E-state index in [1.807, 2.05) is 24.3 Å². The van der Waals surface area contributed by atoms with Crippen molar-refractivity contribution >= 4 is 17.5 Å². The van der Waals surface area contributed by atoms with Gasteiger partial charge >= 0.3 is 0 Å². The van der Waals surface area contributed by atoms with Gasteiger partial charge in [0.25, 0.3) is 0 Å². The Hall–Kier alpha value is -2.08. The number of hydrogen-bond donors (Lipinski definition) is 1. The van der Waals surface area contributed by atoms with Crippen molar-refractivity contribution in [1.29, 1.82) is 0 Å². The second kappa shape index (κ2) is 6.33. The Bertz CT molecular complexity index is 690. The normalized spacial score (nSPS) is 31.5. The molecule has 3 aliphatic rings. The zero-order valence-corrected chi connectivity index (χ0v) is 14.6. The zero-order chi connectivity index (χ0) is 17.6. The summed E-state index contributed by atoms with van der Waals surface area (Å²) in [6, 6.07) is 7.45. The van der Waals surface area contributed by atoms with E-state index in [4.69, 9.17) is 10.5 Å². The summed E-state index contributed by atoms with van der Waals surface area (Å²) in [7, 11) is 1.60. The molecule has 1 aliphatic heterocycles. The standard InChI is InChI=1S/C19H25N3O3/c1-25-15-5-3-2-4-14(15)22-9-8-21(11-16(22)23)19(24)17-12-6-7-13(10-12)18(17)20/h2-5,12-13,17-18H,6-11,20H2,1H3/t12-,13+,17-,18+/m1/s1. The van der Waals surface area contributed by atoms with Gasteiger partial charge in [-0.3, -0.25) is 9.59 Å². The molecule has 3 fully saturated rings. The summed E-state index contributed by atoms with van der Waals surface area (Å²) in [6.07, 6.45) is 3.33. The molecule has 2 N–H and O–H groups in total. The number of benzene rings is 1. The molecule has 0 spiro atoms. The van der Waals surface area contributed by atoms with Gasteiger partial charge in [-0.25, -0.2) is 0 Å². The number of ether oxygens (including phenoxy) is 1. The third-order valence-corrected chi connectivity index (χ3v) is 6.17. The van der Waals surface area contributed by atoms with Gasteiger partial charge in [0.1, 0.15) is 12.3 Å². The minimum Gasteiger partial charge on any atom is -0.495 e. The third kappa shape index (κ3) is 2.68. The van der Waals surface area contributed by atoms with Crippen LogP contribution in [0.5, 0.6) is 5.75 Å². The maximum atomic E-state index is 13.0. The lowest BCUT2D eigenvalue weighted by atomic mass is 9.84. The van der Waals surface area contributed by atoms with E-state index in [1.54, 1.807) is 16.9 Å². The van der Waals surface area contributed by atoms with Crippen LogP contribution in [0.25, 0.3) is 0 Å². The first kappa shape index (κ1) is 16.4. The van der Waals surface area contributed by atoms with Crippen molar-refractivity contribution in [3.05, 3.63) is 24.3 Å². The van der Waals surface area contributed by atoms with Gasteiger partial charge < -0.3 is 20.3 Å². The first-order valence-corrected chi connectivity index (χ1v) is 9.08. The van der Waals surface area contributed by atoms with Gasteiger partial charge in [0.05, 0.1) is 18.7 Å². The maximum Gasteiger partial charge on any atom is 0.246 e. The number of nitrogens with two attached hydrogens (primary N) is 1. The van der Waals surface area contributed by atoms with Crippen molar-refractivity contribution in [2.45, 2.75) is 25.3 Å². The van der Waals surface area contributed by atoms with Crippen LogP contribution in [-0.2, 0) is 9.59 Å². The predicted octanol–water partition coefficient (Wildman–Crippen LogP) is 1.24. The number of anilines is 1. The molecule has 4 rings (SSSR count). The first-order chi connectivity index (χ1) is 12.1. The van der Waals surface area contributed by atoms with Gasteiger partial charge in [-0.05, 0) is 43.2 Å². The van der Waals surface area contributed by atoms with E-state index in [9.17, 15) is 9.59 Å². The lowest BCUT2D eigenvalue weighted by Crippen LogP contribution is -2.56. The highest BCUT2D eigenvalue weighted by atomic mass is 16.5. The second-order valence-corrected chi connectivity index (χ2v) is 7.41. The Morgan fingerprint density at radius 1 is 1.20 bits per heavy atom. The van der Waals surface area contributed by atoms with Crippen LogP contribution in [0, 0.1) is 17.8 Å². The highest BCUT2D eigenvalue weighted by Crippen LogP contribution is 2.48. The van der Waals surface area contributed by atoms with E-state index in [0.29, 0.717) is 30.7 Å². The quantitative estimate of drug-likeness (QED) is 0.896. The number of nitrogens with zero attached hydrogens (tertiary/aromatic N) is 2. The summed E-state index contributed by atoms with van der Waals surface area (Å²) in [4.78, 5) is 29.1. The molecule has 1 heterocycles. The highest BCUT2D eigenvalue weighted by Gasteiger charge is 2.50. The monoisotopic (exact) mass is 343 g/mol. The largest absolute Gasteiger partial charge is 0.495 e. The number of para-hydroxylation sites is 2. The van der Waals surface area contributed by atoms with Gasteiger partial charge in [-0.1, -0.05) is 12.1 Å². The van der Waals surface area contributed by atoms with Crippen molar-refractivity contribution in [2.75, 3.05) is 31.6 Å². The Morgan fingerprint density at radius 3 is 2.64 bits per heavy atom. The van der Waals surface area contributed by atoms with E-state index in [1.165, 1.54) is 0 Å². The lowest BCUT2D eigenvalue weighted by Gasteiger charge is -2.38. The average molecular weight is 343 g/mol. The van der Waals surface area contributed by atoms with Crippen molar-refractivity contribution in [3.63, 3.8) is 0 Å². The number of amides is 2. The van der Waals surface area contributed by atoms with Gasteiger partial charge in [-0.15, -0.1) is 0 Å². The molecule has 4 atom stereocenters. The van der Waals surface area contributed by atoms with Crippen molar-refractivity contribution in [2.24, 2.45) is 23.5 Å². The zero-order valence-electron chi connectivity index (χ0n) is 14.6. The van der Waals surface area contributed by atoms with E-state index >= 15 is 0 Å². The number of methoxy groups -OCH3 is 1. The van der Waals surface area contributed by atoms with Crippen LogP contribution < -0.4 is 15.4 Å². The predicted molar refractivity (Wildman–Crippen MR) is 94.2 cm³/mol. The molecule has 0 unspecified atom stereocenters. The van der Waals surface area contributed by atoms with Gasteiger partial charge in [0, 0.05) is 19.1 Å². The minimum absolute atomic E-state index is 0.0337. The fourth-order valence-electron chi connectivity index (χ4n) is 4.88. The van der Waals surface area contributed by atoms with Crippen LogP contribution in [0.3, 0.4) is 0 Å². The molecule has 0 radical (unpaired) electrons. The maximum absolute atomic E-state index is 13.0. The number of carbonyl (C=O) groups excluding carboxylic acids is 2. The molecule has 2 bridgehead atoms. The van der Waals surface area contributed by atoms with Gasteiger partial charge in [0.2, 0.25) is 11.8 Å². The van der Waals surface area contributed by atoms with Crippen LogP contribution in [0.15, 0.2) is 24.3 Å². The summed E-state index contributed by atoms with van der Waals surface area (Å²) in [6.45, 7) is 1.15. The van der Waals surface area contributed by atoms with Crippen molar-refractivity contribution in [1.82, 2.24) is 4.90 Å². The number of carbonyl (C=O) groups is 2. The van der Waals surface area contributed by atoms with Crippen LogP contribution in [0.2, 0.25) is 0 Å². The van der Waals surface area contributed by atoms with Crippen molar-refractivity contribution < 1.29 is 14.3 Å². The SMILES string of the molecule is COc1ccccc1N1CCN(C(=O)[C@@H]2[C@@H]3CC[C@@H](C3)[C@@H]2N)CC1=O. The molecule has 6 nitrogen and oxygen atoms in total. The van der Waals surface area contributed by atoms with Crippen LogP contribution in [0.4, 0.5) is 5.69 Å². The highest BCUT2D eigenvalue weighted by molar-refractivity contribution is 5.99. The molecular weight excluding hydrogens is 318 g/mol.